The Bertz CT molecular complexity index is 1010. The van der Waals surface area contributed by atoms with Gasteiger partial charge in [-0.1, -0.05) is 11.6 Å². The molecule has 0 saturated carbocycles. The maximum Gasteiger partial charge on any atom is 0.251 e. The Balaban J connectivity index is 1.43. The number of nitrogens with zero attached hydrogens (tertiary/aromatic N) is 4. The van der Waals surface area contributed by atoms with Gasteiger partial charge in [-0.2, -0.15) is 0 Å². The molecule has 0 spiro atoms. The zero-order valence-corrected chi connectivity index (χ0v) is 16.6. The molecule has 1 unspecified atom stereocenters. The van der Waals surface area contributed by atoms with Crippen LogP contribution >= 0.6 is 11.6 Å². The van der Waals surface area contributed by atoms with Crippen molar-refractivity contribution in [3.8, 4) is 17.0 Å². The first kappa shape index (κ1) is 19.1. The molecule has 3 heterocycles. The number of rotatable bonds is 5. The molecule has 1 amide bonds. The highest BCUT2D eigenvalue weighted by Crippen LogP contribution is 2.23. The average molecular weight is 410 g/mol. The van der Waals surface area contributed by atoms with Crippen LogP contribution in [0.25, 0.3) is 11.3 Å². The summed E-state index contributed by atoms with van der Waals surface area (Å²) < 4.78 is 5.18. The molecule has 0 radical (unpaired) electrons. The second-order valence-corrected chi connectivity index (χ2v) is 7.20. The fourth-order valence-corrected chi connectivity index (χ4v) is 3.54. The second kappa shape index (κ2) is 8.45. The van der Waals surface area contributed by atoms with Gasteiger partial charge in [0.25, 0.3) is 5.91 Å². The van der Waals surface area contributed by atoms with Crippen LogP contribution in [-0.4, -0.2) is 47.1 Å². The molecule has 1 aliphatic heterocycles. The molecular formula is C21H20ClN5O2. The highest BCUT2D eigenvalue weighted by atomic mass is 35.5. The van der Waals surface area contributed by atoms with Gasteiger partial charge < -0.3 is 15.0 Å². The summed E-state index contributed by atoms with van der Waals surface area (Å²) in [5, 5.41) is 3.52. The van der Waals surface area contributed by atoms with Gasteiger partial charge in [-0.3, -0.25) is 9.78 Å². The van der Waals surface area contributed by atoms with Crippen molar-refractivity contribution in [2.75, 3.05) is 25.1 Å². The van der Waals surface area contributed by atoms with Gasteiger partial charge >= 0.3 is 0 Å². The minimum Gasteiger partial charge on any atom is -0.497 e. The molecule has 3 aromatic rings. The smallest absolute Gasteiger partial charge is 0.251 e. The third-order valence-corrected chi connectivity index (χ3v) is 4.99. The predicted octanol–water partition coefficient (Wildman–Crippen LogP) is 3.21. The molecule has 8 heteroatoms. The number of hydrogen-bond donors (Lipinski definition) is 1. The fraction of sp³-hybridized carbons (Fsp3) is 0.238. The summed E-state index contributed by atoms with van der Waals surface area (Å²) >= 11 is 6.07. The number of halogens is 1. The van der Waals surface area contributed by atoms with Crippen LogP contribution in [0.15, 0.2) is 55.0 Å². The molecule has 7 nitrogen and oxygen atoms in total. The minimum atomic E-state index is -0.178. The van der Waals surface area contributed by atoms with E-state index in [0.29, 0.717) is 28.8 Å². The first-order valence-electron chi connectivity index (χ1n) is 9.26. The van der Waals surface area contributed by atoms with Crippen LogP contribution in [0, 0.1) is 0 Å². The molecule has 0 bridgehead atoms. The van der Waals surface area contributed by atoms with Crippen LogP contribution in [0.4, 0.5) is 5.95 Å². The third-order valence-electron chi connectivity index (χ3n) is 4.78. The summed E-state index contributed by atoms with van der Waals surface area (Å²) in [6.45, 7) is 1.40. The lowest BCUT2D eigenvalue weighted by molar-refractivity contribution is 0.0940. The summed E-state index contributed by atoms with van der Waals surface area (Å²) in [6.07, 6.45) is 6.06. The maximum absolute atomic E-state index is 12.6. The lowest BCUT2D eigenvalue weighted by atomic mass is 10.1. The number of ether oxygens (including phenoxy) is 1. The van der Waals surface area contributed by atoms with E-state index in [9.17, 15) is 4.79 Å². The van der Waals surface area contributed by atoms with Crippen molar-refractivity contribution in [2.24, 2.45) is 0 Å². The summed E-state index contributed by atoms with van der Waals surface area (Å²) in [5.74, 6) is 1.02. The number of carbonyl (C=O) groups excluding carboxylic acids is 1. The number of benzene rings is 1. The molecule has 1 fully saturated rings. The summed E-state index contributed by atoms with van der Waals surface area (Å²) in [5.41, 5.74) is 2.24. The molecule has 0 aliphatic carbocycles. The largest absolute Gasteiger partial charge is 0.497 e. The summed E-state index contributed by atoms with van der Waals surface area (Å²) in [6, 6.07) is 10.7. The van der Waals surface area contributed by atoms with Crippen molar-refractivity contribution in [3.05, 3.63) is 65.6 Å². The normalized spacial score (nSPS) is 15.9. The number of anilines is 1. The van der Waals surface area contributed by atoms with Gasteiger partial charge in [-0.25, -0.2) is 9.97 Å². The fourth-order valence-electron chi connectivity index (χ4n) is 3.32. The van der Waals surface area contributed by atoms with Crippen molar-refractivity contribution < 1.29 is 9.53 Å². The lowest BCUT2D eigenvalue weighted by Gasteiger charge is -2.17. The molecule has 1 aliphatic rings. The van der Waals surface area contributed by atoms with Crippen molar-refractivity contribution in [1.82, 2.24) is 20.3 Å². The number of aromatic nitrogens is 3. The van der Waals surface area contributed by atoms with E-state index in [1.807, 2.05) is 18.2 Å². The number of carbonyl (C=O) groups is 1. The predicted molar refractivity (Wildman–Crippen MR) is 111 cm³/mol. The highest BCUT2D eigenvalue weighted by Gasteiger charge is 2.26. The quantitative estimate of drug-likeness (QED) is 0.697. The van der Waals surface area contributed by atoms with Crippen LogP contribution in [0.5, 0.6) is 5.75 Å². The van der Waals surface area contributed by atoms with E-state index in [2.05, 4.69) is 25.2 Å². The third kappa shape index (κ3) is 4.46. The Kier molecular flexibility index (Phi) is 5.57. The first-order valence-corrected chi connectivity index (χ1v) is 9.64. The number of amides is 1. The molecular weight excluding hydrogens is 390 g/mol. The van der Waals surface area contributed by atoms with Crippen molar-refractivity contribution in [3.63, 3.8) is 0 Å². The van der Waals surface area contributed by atoms with Gasteiger partial charge in [-0.15, -0.1) is 0 Å². The Labute approximate surface area is 173 Å². The lowest BCUT2D eigenvalue weighted by Crippen LogP contribution is -2.37. The van der Waals surface area contributed by atoms with Crippen LogP contribution in [0.2, 0.25) is 5.02 Å². The van der Waals surface area contributed by atoms with Crippen molar-refractivity contribution >= 4 is 23.5 Å². The Morgan fingerprint density at radius 3 is 2.97 bits per heavy atom. The van der Waals surface area contributed by atoms with Gasteiger partial charge in [0.05, 0.1) is 12.8 Å². The monoisotopic (exact) mass is 409 g/mol. The van der Waals surface area contributed by atoms with Crippen LogP contribution in [0.3, 0.4) is 0 Å². The molecule has 1 N–H and O–H groups in total. The van der Waals surface area contributed by atoms with Crippen molar-refractivity contribution in [2.45, 2.75) is 12.5 Å². The van der Waals surface area contributed by atoms with Gasteiger partial charge in [-0.05, 0) is 42.8 Å². The molecule has 2 aromatic heterocycles. The van der Waals surface area contributed by atoms with Crippen LogP contribution in [-0.2, 0) is 0 Å². The summed E-state index contributed by atoms with van der Waals surface area (Å²) in [7, 11) is 1.54. The molecule has 148 valence electrons. The zero-order chi connectivity index (χ0) is 20.2. The maximum atomic E-state index is 12.6. The van der Waals surface area contributed by atoms with E-state index in [0.717, 1.165) is 24.2 Å². The van der Waals surface area contributed by atoms with E-state index in [1.165, 1.54) is 0 Å². The van der Waals surface area contributed by atoms with Gasteiger partial charge in [0.1, 0.15) is 5.75 Å². The molecule has 1 saturated heterocycles. The Hall–Kier alpha value is -3.19. The topological polar surface area (TPSA) is 80.2 Å². The van der Waals surface area contributed by atoms with Crippen LogP contribution < -0.4 is 15.0 Å². The van der Waals surface area contributed by atoms with Gasteiger partial charge in [0.2, 0.25) is 5.95 Å². The van der Waals surface area contributed by atoms with Crippen LogP contribution in [0.1, 0.15) is 16.8 Å². The first-order chi connectivity index (χ1) is 14.1. The number of hydrogen-bond acceptors (Lipinski definition) is 6. The van der Waals surface area contributed by atoms with Crippen molar-refractivity contribution in [1.29, 1.82) is 0 Å². The Morgan fingerprint density at radius 2 is 2.17 bits per heavy atom. The minimum absolute atomic E-state index is 0.00174. The number of methoxy groups -OCH3 is 1. The van der Waals surface area contributed by atoms with Gasteiger partial charge in [0, 0.05) is 53.9 Å². The standard InChI is InChI=1S/C21H20ClN5O2/c1-29-18-10-15(9-16(22)11-18)20(28)25-17-5-8-27(13-17)21-24-7-4-19(26-21)14-3-2-6-23-12-14/h2-4,6-7,9-12,17H,5,8,13H2,1H3,(H,25,28). The average Bonchev–Trinajstić information content (AvgIpc) is 3.22. The van der Waals surface area contributed by atoms with Gasteiger partial charge in [0.15, 0.2) is 0 Å². The molecule has 29 heavy (non-hydrogen) atoms. The molecule has 1 aromatic carbocycles. The second-order valence-electron chi connectivity index (χ2n) is 6.77. The molecule has 4 rings (SSSR count). The number of nitrogens with one attached hydrogen (secondary N) is 1. The highest BCUT2D eigenvalue weighted by molar-refractivity contribution is 6.31. The molecule has 1 atom stereocenters. The SMILES string of the molecule is COc1cc(Cl)cc(C(=O)NC2CCN(c3nccc(-c4cccnc4)n3)C2)c1. The van der Waals surface area contributed by atoms with E-state index in [1.54, 1.807) is 43.9 Å². The number of pyridine rings is 1. The van der Waals surface area contributed by atoms with E-state index in [-0.39, 0.29) is 11.9 Å². The van der Waals surface area contributed by atoms with E-state index < -0.39 is 0 Å². The Morgan fingerprint density at radius 1 is 1.28 bits per heavy atom. The zero-order valence-electron chi connectivity index (χ0n) is 15.9. The summed E-state index contributed by atoms with van der Waals surface area (Å²) in [4.78, 5) is 27.9. The van der Waals surface area contributed by atoms with E-state index >= 15 is 0 Å². The van der Waals surface area contributed by atoms with E-state index in [4.69, 9.17) is 16.3 Å².